The van der Waals surface area contributed by atoms with Crippen LogP contribution in [0.15, 0.2) is 133 Å². The lowest BCUT2D eigenvalue weighted by Crippen LogP contribution is -2.37. The number of H-pyrrole nitrogens is 1. The smallest absolute Gasteiger partial charge is 0.488 e. The molecule has 2 fully saturated rings. The molecule has 8 aromatic rings. The lowest BCUT2D eigenvalue weighted by molar-refractivity contribution is -0.193. The zero-order valence-electron chi connectivity index (χ0n) is 47.2. The Morgan fingerprint density at radius 1 is 0.872 bits per heavy atom. The van der Waals surface area contributed by atoms with E-state index in [0.29, 0.717) is 34.6 Å². The van der Waals surface area contributed by atoms with Gasteiger partial charge < -0.3 is 57.2 Å². The quantitative estimate of drug-likeness (QED) is 0.0186. The predicted octanol–water partition coefficient (Wildman–Crippen LogP) is 7.50. The summed E-state index contributed by atoms with van der Waals surface area (Å²) < 4.78 is 66.3. The number of carbonyl (C=O) groups excluding carboxylic acids is 2. The van der Waals surface area contributed by atoms with E-state index in [1.165, 1.54) is 17.2 Å². The van der Waals surface area contributed by atoms with Crippen molar-refractivity contribution in [1.82, 2.24) is 39.0 Å². The van der Waals surface area contributed by atoms with Gasteiger partial charge in [-0.05, 0) is 75.9 Å². The summed E-state index contributed by atoms with van der Waals surface area (Å²) in [5.74, 6) is -2.18. The Morgan fingerprint density at radius 2 is 1.51 bits per heavy atom. The van der Waals surface area contributed by atoms with E-state index in [1.807, 2.05) is 96.4 Å². The lowest BCUT2D eigenvalue weighted by Gasteiger charge is -2.38. The maximum Gasteiger partial charge on any atom is 0.488 e. The number of methoxy groups -OCH3 is 2. The fourth-order valence-corrected chi connectivity index (χ4v) is 13.6. The monoisotopic (exact) mass is 1230 g/mol. The molecule has 25 nitrogen and oxygen atoms in total. The summed E-state index contributed by atoms with van der Waals surface area (Å²) in [5, 5.41) is 16.4. The van der Waals surface area contributed by atoms with Gasteiger partial charge in [-0.25, -0.2) is 26.5 Å². The van der Waals surface area contributed by atoms with E-state index in [4.69, 9.17) is 60.4 Å². The van der Waals surface area contributed by atoms with Gasteiger partial charge in [0.25, 0.3) is 11.5 Å². The molecule has 5 heterocycles. The van der Waals surface area contributed by atoms with E-state index >= 15 is 0 Å². The molecule has 1 aliphatic heterocycles. The third-order valence-electron chi connectivity index (χ3n) is 15.3. The van der Waals surface area contributed by atoms with Crippen molar-refractivity contribution in [1.29, 1.82) is 0 Å². The normalized spacial score (nSPS) is 21.3. The van der Waals surface area contributed by atoms with Crippen molar-refractivity contribution in [2.75, 3.05) is 57.8 Å². The van der Waals surface area contributed by atoms with Gasteiger partial charge in [0, 0.05) is 35.3 Å². The second-order valence-corrected chi connectivity index (χ2v) is 24.3. The number of nitrogens with one attached hydrogen (secondary N) is 3. The van der Waals surface area contributed by atoms with Gasteiger partial charge in [-0.15, -0.1) is 4.52 Å². The van der Waals surface area contributed by atoms with Crippen LogP contribution >= 0.6 is 15.0 Å². The van der Waals surface area contributed by atoms with Crippen LogP contribution in [-0.2, 0) is 54.3 Å². The molecule has 4 aromatic heterocycles. The highest BCUT2D eigenvalue weighted by Gasteiger charge is 2.52. The largest absolute Gasteiger partial charge is 0.566 e. The van der Waals surface area contributed by atoms with Gasteiger partial charge in [0.15, 0.2) is 40.5 Å². The first-order valence-corrected chi connectivity index (χ1v) is 31.0. The summed E-state index contributed by atoms with van der Waals surface area (Å²) in [6.07, 6.45) is -0.337. The average molecular weight is 1230 g/mol. The Balaban J connectivity index is 1.02. The molecule has 2 amide bonds. The number of benzene rings is 4. The Kier molecular flexibility index (Phi) is 19.2. The molecule has 2 aliphatic rings. The number of anilines is 2. The SMILES string of the molecule is [C-]#[N+]CCOP(=S)(OCC1OC(n2cnc3c(=O)[nH]c(NC(=O)C(C)C)nc32)C(O[P+](=O)[O-])C1CO)OC1C(COC(c2ccccc2)(c2ccc(OC)cc2)c2ccc(OC)cc2)CC(n2cnc3c(NC(=O)c4ccccc4)ncnc32)C1C. The van der Waals surface area contributed by atoms with Gasteiger partial charge in [0.2, 0.25) is 18.4 Å². The summed E-state index contributed by atoms with van der Waals surface area (Å²) in [7, 11) is -0.382. The molecule has 10 unspecified atom stereocenters. The lowest BCUT2D eigenvalue weighted by atomic mass is 9.79. The zero-order chi connectivity index (χ0) is 60.7. The molecule has 0 bridgehead atoms. The second-order valence-electron chi connectivity index (χ2n) is 20.7. The summed E-state index contributed by atoms with van der Waals surface area (Å²) in [5.41, 5.74) is 1.27. The van der Waals surface area contributed by atoms with E-state index in [-0.39, 0.29) is 42.7 Å². The van der Waals surface area contributed by atoms with Crippen molar-refractivity contribution < 1.29 is 61.2 Å². The first-order valence-electron chi connectivity index (χ1n) is 27.4. The van der Waals surface area contributed by atoms with Crippen molar-refractivity contribution in [3.8, 4) is 11.5 Å². The molecular weight excluding hydrogens is 1170 g/mol. The third-order valence-corrected chi connectivity index (χ3v) is 18.1. The van der Waals surface area contributed by atoms with Gasteiger partial charge in [-0.3, -0.25) is 29.3 Å². The number of aromatic nitrogens is 8. The summed E-state index contributed by atoms with van der Waals surface area (Å²) in [6, 6.07) is 33.3. The molecule has 1 saturated carbocycles. The molecular formula is C58H61N11O14P2S. The van der Waals surface area contributed by atoms with Gasteiger partial charge in [-0.2, -0.15) is 4.98 Å². The van der Waals surface area contributed by atoms with Crippen molar-refractivity contribution in [3.63, 3.8) is 0 Å². The van der Waals surface area contributed by atoms with E-state index in [0.717, 1.165) is 16.7 Å². The van der Waals surface area contributed by atoms with Crippen molar-refractivity contribution in [2.24, 2.45) is 23.7 Å². The second kappa shape index (κ2) is 26.9. The standard InChI is InChI=1S/C58H61N11O14P2S/c1-34(2)53(71)66-57-65-52-47(55(73)67-57)63-33-69(52)56-49(82-84(74)75)43(28-70)45(81-56)30-80-85(86,79-26-25-59-4)83-48-35(3)44(68-32-62-46-50(60-31-61-51(46)68)64-54(72)36-13-9-7-10-14-36)27-37(48)29-78-58(38-15-11-8-12-16-38,39-17-21-41(76-5)22-18-39)40-19-23-42(77-6)24-20-40/h7-24,31-35,37,43-45,48-49,56,70H,25-30H2,1-3,5-6H3,(H,60,61,64,72)(H2,65,66,67,71,73). The minimum absolute atomic E-state index is 0.0147. The number of amides is 2. The molecule has 10 atom stereocenters. The first kappa shape index (κ1) is 61.3. The number of fused-ring (bicyclic) bond motifs is 2. The summed E-state index contributed by atoms with van der Waals surface area (Å²) in [6.45, 7) is 7.38. The minimum Gasteiger partial charge on any atom is -0.566 e. The van der Waals surface area contributed by atoms with Gasteiger partial charge in [0.1, 0.15) is 30.0 Å². The van der Waals surface area contributed by atoms with E-state index in [9.17, 15) is 28.9 Å². The van der Waals surface area contributed by atoms with E-state index < -0.39 is 105 Å². The molecule has 0 radical (unpaired) electrons. The molecule has 1 saturated heterocycles. The molecule has 86 heavy (non-hydrogen) atoms. The van der Waals surface area contributed by atoms with Gasteiger partial charge in [-0.1, -0.05) is 93.6 Å². The van der Waals surface area contributed by atoms with Crippen LogP contribution in [0, 0.1) is 30.2 Å². The number of rotatable bonds is 25. The highest BCUT2D eigenvalue weighted by atomic mass is 32.5. The number of hydrogen-bond donors (Lipinski definition) is 4. The van der Waals surface area contributed by atoms with Crippen LogP contribution in [0.1, 0.15) is 66.5 Å². The highest BCUT2D eigenvalue weighted by Crippen LogP contribution is 2.58. The summed E-state index contributed by atoms with van der Waals surface area (Å²) in [4.78, 5) is 80.2. The van der Waals surface area contributed by atoms with Gasteiger partial charge >= 0.3 is 15.0 Å². The molecule has 1 aliphatic carbocycles. The number of aliphatic hydroxyl groups excluding tert-OH is 1. The maximum absolute atomic E-state index is 13.5. The van der Waals surface area contributed by atoms with Crippen molar-refractivity contribution >= 4 is 72.7 Å². The Hall–Kier alpha value is -7.76. The van der Waals surface area contributed by atoms with Gasteiger partial charge in [0.05, 0.1) is 58.9 Å². The number of hydrogen-bond acceptors (Lipinski definition) is 20. The number of aromatic amines is 1. The number of carbonyl (C=O) groups is 2. The molecule has 448 valence electrons. The van der Waals surface area contributed by atoms with Crippen LogP contribution in [-0.4, -0.2) is 121 Å². The third kappa shape index (κ3) is 12.9. The number of aliphatic hydroxyl groups is 1. The van der Waals surface area contributed by atoms with E-state index in [1.54, 1.807) is 58.7 Å². The summed E-state index contributed by atoms with van der Waals surface area (Å²) >= 11 is 6.32. The van der Waals surface area contributed by atoms with Crippen LogP contribution in [0.25, 0.3) is 27.2 Å². The predicted molar refractivity (Wildman–Crippen MR) is 315 cm³/mol. The zero-order valence-corrected chi connectivity index (χ0v) is 49.8. The Bertz CT molecular complexity index is 3810. The van der Waals surface area contributed by atoms with Crippen LogP contribution in [0.5, 0.6) is 11.5 Å². The Labute approximate surface area is 499 Å². The fourth-order valence-electron chi connectivity index (χ4n) is 10.9. The number of imidazole rings is 2. The fraction of sp³-hybridized carbons (Fsp3) is 0.362. The van der Waals surface area contributed by atoms with Crippen molar-refractivity contribution in [2.45, 2.75) is 63.4 Å². The molecule has 4 aromatic carbocycles. The Morgan fingerprint density at radius 3 is 2.14 bits per heavy atom. The molecule has 0 spiro atoms. The average Bonchev–Trinajstić information content (AvgIpc) is 1.49. The number of nitrogens with zero attached hydrogens (tertiary/aromatic N) is 8. The van der Waals surface area contributed by atoms with Crippen LogP contribution in [0.4, 0.5) is 11.8 Å². The highest BCUT2D eigenvalue weighted by molar-refractivity contribution is 8.07. The van der Waals surface area contributed by atoms with Crippen molar-refractivity contribution in [3.05, 3.63) is 172 Å². The number of ether oxygens (including phenoxy) is 4. The van der Waals surface area contributed by atoms with E-state index in [2.05, 4.69) is 40.4 Å². The minimum atomic E-state index is -4.06. The molecule has 28 heteroatoms. The van der Waals surface area contributed by atoms with Crippen LogP contribution < -0.4 is 30.6 Å². The first-order chi connectivity index (χ1) is 41.6. The van der Waals surface area contributed by atoms with Crippen LogP contribution in [0.2, 0.25) is 0 Å². The molecule has 10 rings (SSSR count). The molecule has 4 N–H and O–H groups in total. The maximum atomic E-state index is 13.5. The van der Waals surface area contributed by atoms with Crippen LogP contribution in [0.3, 0.4) is 0 Å². The topological polar surface area (TPSA) is 304 Å².